The number of nitrogens with zero attached hydrogens (tertiary/aromatic N) is 1. The lowest BCUT2D eigenvalue weighted by atomic mass is 9.85. The van der Waals surface area contributed by atoms with Crippen molar-refractivity contribution in [2.45, 2.75) is 62.2 Å². The normalized spacial score (nSPS) is 17.2. The number of benzene rings is 2. The van der Waals surface area contributed by atoms with E-state index in [1.165, 1.54) is 12.1 Å². The quantitative estimate of drug-likeness (QED) is 0.420. The fraction of sp³-hybridized carbons (Fsp3) is 0.500. The third kappa shape index (κ3) is 7.59. The number of carbonyl (C=O) groups is 1. The van der Waals surface area contributed by atoms with Crippen LogP contribution in [0.2, 0.25) is 0 Å². The van der Waals surface area contributed by atoms with Gasteiger partial charge in [0, 0.05) is 25.3 Å². The van der Waals surface area contributed by atoms with Gasteiger partial charge in [0.2, 0.25) is 15.9 Å². The predicted octanol–water partition coefficient (Wildman–Crippen LogP) is 4.52. The van der Waals surface area contributed by atoms with Gasteiger partial charge in [-0.15, -0.1) is 13.2 Å². The van der Waals surface area contributed by atoms with Crippen LogP contribution in [0.5, 0.6) is 5.75 Å². The van der Waals surface area contributed by atoms with E-state index in [2.05, 4.69) is 14.8 Å². The molecule has 7 nitrogen and oxygen atoms in total. The van der Waals surface area contributed by atoms with E-state index in [1.807, 2.05) is 4.90 Å². The molecule has 0 saturated heterocycles. The van der Waals surface area contributed by atoms with Gasteiger partial charge in [-0.3, -0.25) is 4.79 Å². The average Bonchev–Trinajstić information content (AvgIpc) is 3.25. The molecule has 1 aliphatic heterocycles. The highest BCUT2D eigenvalue weighted by Crippen LogP contribution is 2.29. The van der Waals surface area contributed by atoms with Gasteiger partial charge in [0.15, 0.2) is 0 Å². The largest absolute Gasteiger partial charge is 0.573 e. The van der Waals surface area contributed by atoms with Crippen molar-refractivity contribution >= 4 is 21.6 Å². The molecule has 2 aliphatic rings. The maximum absolute atomic E-state index is 13.5. The zero-order valence-electron chi connectivity index (χ0n) is 20.8. The fourth-order valence-electron chi connectivity index (χ4n) is 5.15. The zero-order chi connectivity index (χ0) is 27.3. The minimum atomic E-state index is -4.89. The van der Waals surface area contributed by atoms with Crippen molar-refractivity contribution < 1.29 is 35.5 Å². The third-order valence-electron chi connectivity index (χ3n) is 6.99. The molecular weight excluding hydrogens is 526 g/mol. The van der Waals surface area contributed by atoms with Crippen molar-refractivity contribution in [1.82, 2.24) is 10.0 Å². The van der Waals surface area contributed by atoms with E-state index in [-0.39, 0.29) is 23.2 Å². The summed E-state index contributed by atoms with van der Waals surface area (Å²) >= 11 is 0. The van der Waals surface area contributed by atoms with Gasteiger partial charge in [-0.25, -0.2) is 12.8 Å². The SMILES string of the molecule is O=C(NCCN1CCc2cc(F)ccc21)[C@H](CC1CCCCC1)NS(=O)(=O)c1ccc(OC(F)(F)F)cc1. The van der Waals surface area contributed by atoms with E-state index in [9.17, 15) is 30.8 Å². The number of hydrogen-bond donors (Lipinski definition) is 2. The molecule has 1 saturated carbocycles. The topological polar surface area (TPSA) is 87.7 Å². The molecule has 12 heteroatoms. The molecule has 0 unspecified atom stereocenters. The summed E-state index contributed by atoms with van der Waals surface area (Å²) in [6.45, 7) is 1.44. The van der Waals surface area contributed by atoms with Crippen molar-refractivity contribution in [2.24, 2.45) is 5.92 Å². The van der Waals surface area contributed by atoms with E-state index in [0.29, 0.717) is 25.9 Å². The van der Waals surface area contributed by atoms with Gasteiger partial charge < -0.3 is 15.0 Å². The van der Waals surface area contributed by atoms with Gasteiger partial charge in [-0.05, 0) is 66.8 Å². The molecule has 0 spiro atoms. The third-order valence-corrected chi connectivity index (χ3v) is 8.48. The minimum Gasteiger partial charge on any atom is -0.406 e. The van der Waals surface area contributed by atoms with Crippen LogP contribution in [0.15, 0.2) is 47.4 Å². The van der Waals surface area contributed by atoms with Gasteiger partial charge >= 0.3 is 6.36 Å². The lowest BCUT2D eigenvalue weighted by Gasteiger charge is -2.27. The van der Waals surface area contributed by atoms with Crippen LogP contribution in [0.3, 0.4) is 0 Å². The van der Waals surface area contributed by atoms with Crippen LogP contribution in [0, 0.1) is 11.7 Å². The maximum Gasteiger partial charge on any atom is 0.573 e. The lowest BCUT2D eigenvalue weighted by molar-refractivity contribution is -0.274. The summed E-state index contributed by atoms with van der Waals surface area (Å²) in [5, 5.41) is 2.82. The smallest absolute Gasteiger partial charge is 0.406 e. The molecular formula is C26H31F4N3O4S. The monoisotopic (exact) mass is 557 g/mol. The molecule has 2 aromatic rings. The number of sulfonamides is 1. The molecule has 0 aromatic heterocycles. The van der Waals surface area contributed by atoms with Crippen LogP contribution in [0.25, 0.3) is 0 Å². The molecule has 1 aliphatic carbocycles. The van der Waals surface area contributed by atoms with E-state index in [1.54, 1.807) is 6.07 Å². The second kappa shape index (κ2) is 11.9. The molecule has 38 heavy (non-hydrogen) atoms. The van der Waals surface area contributed by atoms with Crippen LogP contribution >= 0.6 is 0 Å². The van der Waals surface area contributed by atoms with Gasteiger partial charge in [0.1, 0.15) is 17.6 Å². The Morgan fingerprint density at radius 1 is 1.08 bits per heavy atom. The average molecular weight is 558 g/mol. The second-order valence-corrected chi connectivity index (χ2v) is 11.4. The van der Waals surface area contributed by atoms with Crippen molar-refractivity contribution in [1.29, 1.82) is 0 Å². The van der Waals surface area contributed by atoms with Crippen molar-refractivity contribution in [3.8, 4) is 5.75 Å². The Bertz CT molecular complexity index is 1220. The number of hydrogen-bond acceptors (Lipinski definition) is 5. The molecule has 1 atom stereocenters. The van der Waals surface area contributed by atoms with E-state index in [0.717, 1.165) is 67.6 Å². The van der Waals surface area contributed by atoms with E-state index >= 15 is 0 Å². The lowest BCUT2D eigenvalue weighted by Crippen LogP contribution is -2.49. The number of halogens is 4. The Morgan fingerprint density at radius 2 is 1.79 bits per heavy atom. The number of carbonyl (C=O) groups excluding carboxylic acids is 1. The van der Waals surface area contributed by atoms with Crippen LogP contribution in [0.1, 0.15) is 44.1 Å². The summed E-state index contributed by atoms with van der Waals surface area (Å²) < 4.78 is 83.1. The molecule has 2 N–H and O–H groups in total. The summed E-state index contributed by atoms with van der Waals surface area (Å²) in [6.07, 6.45) is 1.07. The summed E-state index contributed by atoms with van der Waals surface area (Å²) in [7, 11) is -4.19. The number of amides is 1. The molecule has 4 rings (SSSR count). The number of alkyl halides is 3. The number of nitrogens with one attached hydrogen (secondary N) is 2. The number of anilines is 1. The summed E-state index contributed by atoms with van der Waals surface area (Å²) in [5.41, 5.74) is 1.82. The first kappa shape index (κ1) is 28.2. The fourth-order valence-corrected chi connectivity index (χ4v) is 6.36. The van der Waals surface area contributed by atoms with E-state index in [4.69, 9.17) is 0 Å². The first-order chi connectivity index (χ1) is 18.0. The first-order valence-electron chi connectivity index (χ1n) is 12.7. The molecule has 1 fully saturated rings. The molecule has 1 amide bonds. The van der Waals surface area contributed by atoms with Crippen molar-refractivity contribution in [3.05, 3.63) is 53.8 Å². The van der Waals surface area contributed by atoms with Gasteiger partial charge in [-0.1, -0.05) is 32.1 Å². The first-order valence-corrected chi connectivity index (χ1v) is 14.2. The van der Waals surface area contributed by atoms with Crippen LogP contribution in [0.4, 0.5) is 23.2 Å². The number of fused-ring (bicyclic) bond motifs is 1. The summed E-state index contributed by atoms with van der Waals surface area (Å²) in [6, 6.07) is 7.42. The highest BCUT2D eigenvalue weighted by molar-refractivity contribution is 7.89. The summed E-state index contributed by atoms with van der Waals surface area (Å²) in [4.78, 5) is 14.9. The second-order valence-electron chi connectivity index (χ2n) is 9.73. The molecule has 208 valence electrons. The van der Waals surface area contributed by atoms with Crippen molar-refractivity contribution in [3.63, 3.8) is 0 Å². The van der Waals surface area contributed by atoms with Crippen LogP contribution in [-0.2, 0) is 21.2 Å². The standard InChI is InChI=1S/C26H31F4N3O4S/c27-20-6-11-24-19(17-20)12-14-33(24)15-13-31-25(34)23(16-18-4-2-1-3-5-18)32-38(35,36)22-9-7-21(8-10-22)37-26(28,29)30/h6-11,17-18,23,32H,1-5,12-16H2,(H,31,34)/t23-/m0/s1. The molecule has 0 bridgehead atoms. The van der Waals surface area contributed by atoms with Crippen molar-refractivity contribution in [2.75, 3.05) is 24.5 Å². The molecule has 0 radical (unpaired) electrons. The Morgan fingerprint density at radius 3 is 2.47 bits per heavy atom. The zero-order valence-corrected chi connectivity index (χ0v) is 21.6. The highest BCUT2D eigenvalue weighted by Gasteiger charge is 2.32. The van der Waals surface area contributed by atoms with Gasteiger partial charge in [0.25, 0.3) is 0 Å². The van der Waals surface area contributed by atoms with Crippen LogP contribution in [-0.4, -0.2) is 46.4 Å². The predicted molar refractivity (Wildman–Crippen MR) is 134 cm³/mol. The van der Waals surface area contributed by atoms with Gasteiger partial charge in [0.05, 0.1) is 4.90 Å². The number of ether oxygens (including phenoxy) is 1. The van der Waals surface area contributed by atoms with Crippen LogP contribution < -0.4 is 19.7 Å². The maximum atomic E-state index is 13.5. The molecule has 1 heterocycles. The Hall–Kier alpha value is -2.86. The van der Waals surface area contributed by atoms with Gasteiger partial charge in [-0.2, -0.15) is 4.72 Å². The Labute approximate surface area is 219 Å². The highest BCUT2D eigenvalue weighted by atomic mass is 32.2. The number of rotatable bonds is 10. The summed E-state index contributed by atoms with van der Waals surface area (Å²) in [5.74, 6) is -1.11. The molecule has 2 aromatic carbocycles. The van der Waals surface area contributed by atoms with E-state index < -0.39 is 34.1 Å². The Balaban J connectivity index is 1.40. The Kier molecular flexibility index (Phi) is 8.81. The minimum absolute atomic E-state index is 0.185.